The third-order valence-electron chi connectivity index (χ3n) is 5.56. The van der Waals surface area contributed by atoms with Crippen LogP contribution in [0.25, 0.3) is 11.8 Å². The summed E-state index contributed by atoms with van der Waals surface area (Å²) in [5, 5.41) is 1.99. The summed E-state index contributed by atoms with van der Waals surface area (Å²) in [7, 11) is 0. The molecule has 0 N–H and O–H groups in total. The topological polar surface area (TPSA) is 43.9 Å². The van der Waals surface area contributed by atoms with Gasteiger partial charge < -0.3 is 9.80 Å². The standard InChI is InChI=1S/C25H27N3O2S/c29-24(18-28-23(19-31-20-25(28)30)22-11-5-2-6-12-22)27-16-14-26(15-17-27)13-7-10-21-8-3-1-4-9-21/h1-12,19H,13-18,20H2/b10-7+. The number of benzene rings is 2. The highest BCUT2D eigenvalue weighted by Gasteiger charge is 2.28. The minimum absolute atomic E-state index is 0.00983. The Morgan fingerprint density at radius 2 is 1.61 bits per heavy atom. The predicted octanol–water partition coefficient (Wildman–Crippen LogP) is 3.42. The van der Waals surface area contributed by atoms with E-state index >= 15 is 0 Å². The zero-order valence-electron chi connectivity index (χ0n) is 17.5. The summed E-state index contributed by atoms with van der Waals surface area (Å²) in [4.78, 5) is 31.4. The Morgan fingerprint density at radius 3 is 2.32 bits per heavy atom. The van der Waals surface area contributed by atoms with Gasteiger partial charge in [-0.2, -0.15) is 0 Å². The van der Waals surface area contributed by atoms with Crippen LogP contribution in [0.1, 0.15) is 11.1 Å². The van der Waals surface area contributed by atoms with Crippen LogP contribution in [-0.2, 0) is 9.59 Å². The minimum Gasteiger partial charge on any atom is -0.339 e. The third-order valence-corrected chi connectivity index (χ3v) is 6.36. The van der Waals surface area contributed by atoms with Gasteiger partial charge in [-0.15, -0.1) is 11.8 Å². The molecule has 4 rings (SSSR count). The first-order valence-corrected chi connectivity index (χ1v) is 11.6. The van der Waals surface area contributed by atoms with Gasteiger partial charge >= 0.3 is 0 Å². The lowest BCUT2D eigenvalue weighted by atomic mass is 10.1. The van der Waals surface area contributed by atoms with Crippen molar-refractivity contribution in [2.75, 3.05) is 45.0 Å². The fourth-order valence-electron chi connectivity index (χ4n) is 3.79. The molecule has 0 saturated carbocycles. The van der Waals surface area contributed by atoms with E-state index in [0.717, 1.165) is 30.9 Å². The van der Waals surface area contributed by atoms with E-state index in [1.165, 1.54) is 17.3 Å². The second kappa shape index (κ2) is 10.5. The second-order valence-corrected chi connectivity index (χ2v) is 8.51. The number of nitrogens with zero attached hydrogens (tertiary/aromatic N) is 3. The van der Waals surface area contributed by atoms with Gasteiger partial charge in [-0.25, -0.2) is 0 Å². The summed E-state index contributed by atoms with van der Waals surface area (Å²) in [6, 6.07) is 20.1. The van der Waals surface area contributed by atoms with Crippen LogP contribution < -0.4 is 0 Å². The molecule has 0 spiro atoms. The summed E-state index contributed by atoms with van der Waals surface area (Å²) >= 11 is 1.49. The van der Waals surface area contributed by atoms with Crippen LogP contribution in [0.15, 0.2) is 72.1 Å². The molecule has 0 bridgehead atoms. The zero-order valence-corrected chi connectivity index (χ0v) is 18.3. The average Bonchev–Trinajstić information content (AvgIpc) is 2.82. The van der Waals surface area contributed by atoms with E-state index in [2.05, 4.69) is 29.2 Å². The molecule has 1 fully saturated rings. The Labute approximate surface area is 188 Å². The molecule has 2 aromatic rings. The molecule has 160 valence electrons. The summed E-state index contributed by atoms with van der Waals surface area (Å²) in [6.45, 7) is 4.05. The van der Waals surface area contributed by atoms with Crippen molar-refractivity contribution in [3.63, 3.8) is 0 Å². The van der Waals surface area contributed by atoms with Gasteiger partial charge in [-0.1, -0.05) is 72.8 Å². The van der Waals surface area contributed by atoms with Crippen molar-refractivity contribution in [3.05, 3.63) is 83.3 Å². The number of piperazine rings is 1. The van der Waals surface area contributed by atoms with Crippen LogP contribution in [0.2, 0.25) is 0 Å². The number of rotatable bonds is 6. The molecule has 0 atom stereocenters. The normalized spacial score (nSPS) is 17.8. The Kier molecular flexibility index (Phi) is 7.22. The second-order valence-electron chi connectivity index (χ2n) is 7.65. The maximum absolute atomic E-state index is 13.0. The number of hydrogen-bond donors (Lipinski definition) is 0. The Bertz CT molecular complexity index is 951. The van der Waals surface area contributed by atoms with Gasteiger partial charge in [0.05, 0.1) is 11.4 Å². The summed E-state index contributed by atoms with van der Waals surface area (Å²) in [5.74, 6) is 0.386. The van der Waals surface area contributed by atoms with Crippen LogP contribution in [0.5, 0.6) is 0 Å². The van der Waals surface area contributed by atoms with Crippen molar-refractivity contribution in [2.24, 2.45) is 0 Å². The van der Waals surface area contributed by atoms with Crippen molar-refractivity contribution in [3.8, 4) is 0 Å². The highest BCUT2D eigenvalue weighted by molar-refractivity contribution is 8.03. The van der Waals surface area contributed by atoms with E-state index in [9.17, 15) is 9.59 Å². The van der Waals surface area contributed by atoms with E-state index in [-0.39, 0.29) is 18.4 Å². The van der Waals surface area contributed by atoms with Gasteiger partial charge in [0, 0.05) is 32.7 Å². The molecule has 0 aliphatic carbocycles. The van der Waals surface area contributed by atoms with Gasteiger partial charge in [-0.3, -0.25) is 14.5 Å². The first-order valence-electron chi connectivity index (χ1n) is 10.6. The quantitative estimate of drug-likeness (QED) is 0.700. The van der Waals surface area contributed by atoms with Crippen LogP contribution in [0.3, 0.4) is 0 Å². The van der Waals surface area contributed by atoms with Crippen LogP contribution >= 0.6 is 11.8 Å². The number of hydrogen-bond acceptors (Lipinski definition) is 4. The largest absolute Gasteiger partial charge is 0.339 e. The molecular weight excluding hydrogens is 406 g/mol. The number of carbonyl (C=O) groups is 2. The van der Waals surface area contributed by atoms with Gasteiger partial charge in [0.1, 0.15) is 6.54 Å². The minimum atomic E-state index is -0.00983. The Hall–Kier alpha value is -2.83. The zero-order chi connectivity index (χ0) is 21.5. The van der Waals surface area contributed by atoms with E-state index in [1.54, 1.807) is 4.90 Å². The maximum Gasteiger partial charge on any atom is 0.242 e. The molecule has 2 heterocycles. The summed E-state index contributed by atoms with van der Waals surface area (Å²) in [6.07, 6.45) is 4.31. The molecule has 31 heavy (non-hydrogen) atoms. The Morgan fingerprint density at radius 1 is 0.935 bits per heavy atom. The summed E-state index contributed by atoms with van der Waals surface area (Å²) < 4.78 is 0. The predicted molar refractivity (Wildman–Crippen MR) is 127 cm³/mol. The van der Waals surface area contributed by atoms with Crippen LogP contribution in [0.4, 0.5) is 0 Å². The molecule has 6 heteroatoms. The lowest BCUT2D eigenvalue weighted by molar-refractivity contribution is -0.138. The average molecular weight is 434 g/mol. The molecule has 5 nitrogen and oxygen atoms in total. The number of amides is 2. The number of carbonyl (C=O) groups excluding carboxylic acids is 2. The highest BCUT2D eigenvalue weighted by atomic mass is 32.2. The van der Waals surface area contributed by atoms with E-state index < -0.39 is 0 Å². The van der Waals surface area contributed by atoms with Gasteiger partial charge in [0.15, 0.2) is 0 Å². The maximum atomic E-state index is 13.0. The Balaban J connectivity index is 1.30. The first-order chi connectivity index (χ1) is 15.2. The van der Waals surface area contributed by atoms with Crippen LogP contribution in [0, 0.1) is 0 Å². The number of thioether (sulfide) groups is 1. The highest BCUT2D eigenvalue weighted by Crippen LogP contribution is 2.28. The van der Waals surface area contributed by atoms with Crippen molar-refractivity contribution in [1.82, 2.24) is 14.7 Å². The van der Waals surface area contributed by atoms with Gasteiger partial charge in [-0.05, 0) is 16.5 Å². The molecule has 0 aromatic heterocycles. The van der Waals surface area contributed by atoms with Crippen molar-refractivity contribution in [1.29, 1.82) is 0 Å². The molecule has 2 aliphatic rings. The molecule has 0 radical (unpaired) electrons. The SMILES string of the molecule is O=C(CN1C(=O)CSC=C1c1ccccc1)N1CCN(C/C=C/c2ccccc2)CC1. The lowest BCUT2D eigenvalue weighted by Crippen LogP contribution is -2.51. The smallest absolute Gasteiger partial charge is 0.242 e. The fourth-order valence-corrected chi connectivity index (χ4v) is 4.59. The molecule has 1 saturated heterocycles. The van der Waals surface area contributed by atoms with Crippen molar-refractivity contribution < 1.29 is 9.59 Å². The first kappa shape index (κ1) is 21.4. The van der Waals surface area contributed by atoms with E-state index in [1.807, 2.05) is 58.8 Å². The van der Waals surface area contributed by atoms with Crippen LogP contribution in [-0.4, -0.2) is 71.5 Å². The summed E-state index contributed by atoms with van der Waals surface area (Å²) in [5.41, 5.74) is 2.98. The van der Waals surface area contributed by atoms with Gasteiger partial charge in [0.2, 0.25) is 11.8 Å². The molecular formula is C25H27N3O2S. The van der Waals surface area contributed by atoms with Gasteiger partial charge in [0.25, 0.3) is 0 Å². The fraction of sp³-hybridized carbons (Fsp3) is 0.280. The third kappa shape index (κ3) is 5.66. The monoisotopic (exact) mass is 433 g/mol. The van der Waals surface area contributed by atoms with Crippen molar-refractivity contribution >= 4 is 35.3 Å². The van der Waals surface area contributed by atoms with E-state index in [4.69, 9.17) is 0 Å². The van der Waals surface area contributed by atoms with E-state index in [0.29, 0.717) is 18.8 Å². The molecule has 2 aliphatic heterocycles. The molecule has 2 amide bonds. The molecule has 0 unspecified atom stereocenters. The lowest BCUT2D eigenvalue weighted by Gasteiger charge is -2.36. The molecule has 2 aromatic carbocycles. The van der Waals surface area contributed by atoms with Crippen molar-refractivity contribution in [2.45, 2.75) is 0 Å².